The Morgan fingerprint density at radius 1 is 1.48 bits per heavy atom. The summed E-state index contributed by atoms with van der Waals surface area (Å²) in [5.74, 6) is 0.458. The number of hydrogen-bond acceptors (Lipinski definition) is 3. The third-order valence-corrected chi connectivity index (χ3v) is 4.60. The maximum absolute atomic E-state index is 13.4. The van der Waals surface area contributed by atoms with E-state index < -0.39 is 6.10 Å². The van der Waals surface area contributed by atoms with Crippen LogP contribution in [0.1, 0.15) is 45.0 Å². The quantitative estimate of drug-likeness (QED) is 0.899. The lowest BCUT2D eigenvalue weighted by Crippen LogP contribution is -2.44. The lowest BCUT2D eigenvalue weighted by molar-refractivity contribution is -0.146. The molecule has 0 unspecified atom stereocenters. The molecule has 6 heteroatoms. The van der Waals surface area contributed by atoms with Crippen molar-refractivity contribution < 1.29 is 13.9 Å². The van der Waals surface area contributed by atoms with Gasteiger partial charge < -0.3 is 14.6 Å². The Hall–Kier alpha value is -2.21. The molecule has 0 bridgehead atoms. The van der Waals surface area contributed by atoms with E-state index >= 15 is 0 Å². The average Bonchev–Trinajstić information content (AvgIpc) is 3.11. The molecule has 1 saturated heterocycles. The van der Waals surface area contributed by atoms with Crippen LogP contribution in [0.15, 0.2) is 30.5 Å². The predicted molar refractivity (Wildman–Crippen MR) is 93.4 cm³/mol. The number of nitrogens with one attached hydrogen (secondary N) is 1. The number of carbonyl (C=O) groups excluding carboxylic acids is 1. The highest BCUT2D eigenvalue weighted by Crippen LogP contribution is 2.31. The summed E-state index contributed by atoms with van der Waals surface area (Å²) < 4.78 is 18.9. The first-order valence-corrected chi connectivity index (χ1v) is 8.83. The molecule has 1 aromatic heterocycles. The summed E-state index contributed by atoms with van der Waals surface area (Å²) >= 11 is 0. The number of piperidine rings is 1. The first-order chi connectivity index (χ1) is 12.1. The minimum atomic E-state index is -0.455. The van der Waals surface area contributed by atoms with Crippen molar-refractivity contribution in [3.63, 3.8) is 0 Å². The molecular weight excluding hydrogens is 321 g/mol. The van der Waals surface area contributed by atoms with Crippen molar-refractivity contribution in [1.29, 1.82) is 0 Å². The topological polar surface area (TPSA) is 58.2 Å². The van der Waals surface area contributed by atoms with Crippen LogP contribution < -0.4 is 0 Å². The van der Waals surface area contributed by atoms with E-state index in [0.717, 1.165) is 36.3 Å². The summed E-state index contributed by atoms with van der Waals surface area (Å²) in [6, 6.07) is 6.30. The largest absolute Gasteiger partial charge is 0.369 e. The van der Waals surface area contributed by atoms with Gasteiger partial charge in [0.05, 0.1) is 17.9 Å². The van der Waals surface area contributed by atoms with Crippen LogP contribution in [0.25, 0.3) is 11.3 Å². The van der Waals surface area contributed by atoms with E-state index in [-0.39, 0.29) is 17.8 Å². The number of amides is 1. The zero-order chi connectivity index (χ0) is 17.8. The molecule has 1 fully saturated rings. The molecule has 2 atom stereocenters. The van der Waals surface area contributed by atoms with E-state index in [1.807, 2.05) is 17.9 Å². The van der Waals surface area contributed by atoms with Crippen LogP contribution in [-0.2, 0) is 9.53 Å². The molecular formula is C19H24FN3O2. The molecule has 0 aliphatic carbocycles. The molecule has 1 aromatic carbocycles. The lowest BCUT2D eigenvalue weighted by Gasteiger charge is -2.36. The van der Waals surface area contributed by atoms with Gasteiger partial charge >= 0.3 is 0 Å². The molecule has 25 heavy (non-hydrogen) atoms. The average molecular weight is 345 g/mol. The molecule has 1 N–H and O–H groups in total. The van der Waals surface area contributed by atoms with Gasteiger partial charge in [-0.05, 0) is 45.2 Å². The van der Waals surface area contributed by atoms with Crippen LogP contribution in [0, 0.1) is 5.82 Å². The minimum Gasteiger partial charge on any atom is -0.369 e. The maximum atomic E-state index is 13.4. The first kappa shape index (κ1) is 17.6. The second-order valence-electron chi connectivity index (χ2n) is 6.33. The number of H-pyrrole nitrogens is 1. The van der Waals surface area contributed by atoms with E-state index in [1.165, 1.54) is 12.1 Å². The molecule has 1 amide bonds. The Balaban J connectivity index is 1.82. The second-order valence-corrected chi connectivity index (χ2v) is 6.33. The van der Waals surface area contributed by atoms with Crippen molar-refractivity contribution >= 4 is 5.91 Å². The number of carbonyl (C=O) groups is 1. The third-order valence-electron chi connectivity index (χ3n) is 4.60. The van der Waals surface area contributed by atoms with Crippen LogP contribution in [0.3, 0.4) is 0 Å². The number of imidazole rings is 1. The zero-order valence-electron chi connectivity index (χ0n) is 14.7. The standard InChI is InChI=1S/C19H24FN3O2/c1-3-25-13(2)19(24)23-10-5-4-9-17(23)18-21-12-16(22-18)14-7-6-8-15(20)11-14/h6-8,11-13,17H,3-5,9-10H2,1-2H3,(H,21,22)/t13-,17+/m1/s1. The highest BCUT2D eigenvalue weighted by molar-refractivity contribution is 5.81. The van der Waals surface area contributed by atoms with Crippen LogP contribution in [0.2, 0.25) is 0 Å². The van der Waals surface area contributed by atoms with Crippen LogP contribution in [0.4, 0.5) is 4.39 Å². The van der Waals surface area contributed by atoms with Gasteiger partial charge in [0.25, 0.3) is 5.91 Å². The van der Waals surface area contributed by atoms with Crippen LogP contribution in [0.5, 0.6) is 0 Å². The molecule has 0 radical (unpaired) electrons. The van der Waals surface area contributed by atoms with Crippen molar-refractivity contribution in [2.45, 2.75) is 45.3 Å². The monoisotopic (exact) mass is 345 g/mol. The Morgan fingerprint density at radius 3 is 3.08 bits per heavy atom. The smallest absolute Gasteiger partial charge is 0.252 e. The minimum absolute atomic E-state index is 0.00439. The number of rotatable bonds is 5. The fourth-order valence-electron chi connectivity index (χ4n) is 3.34. The maximum Gasteiger partial charge on any atom is 0.252 e. The Kier molecular flexibility index (Phi) is 5.48. The SMILES string of the molecule is CCO[C@H](C)C(=O)N1CCCC[C@H]1c1ncc(-c2cccc(F)c2)[nH]1. The van der Waals surface area contributed by atoms with Crippen molar-refractivity contribution in [1.82, 2.24) is 14.9 Å². The zero-order valence-corrected chi connectivity index (χ0v) is 14.7. The van der Waals surface area contributed by atoms with E-state index in [2.05, 4.69) is 9.97 Å². The number of aromatic amines is 1. The van der Waals surface area contributed by atoms with E-state index in [4.69, 9.17) is 4.74 Å². The van der Waals surface area contributed by atoms with Gasteiger partial charge in [0, 0.05) is 18.7 Å². The number of nitrogens with zero attached hydrogens (tertiary/aromatic N) is 2. The van der Waals surface area contributed by atoms with Gasteiger partial charge in [-0.15, -0.1) is 0 Å². The summed E-state index contributed by atoms with van der Waals surface area (Å²) in [4.78, 5) is 22.3. The Bertz CT molecular complexity index is 731. The fraction of sp³-hybridized carbons (Fsp3) is 0.474. The summed E-state index contributed by atoms with van der Waals surface area (Å²) in [6.45, 7) is 4.89. The van der Waals surface area contributed by atoms with Gasteiger partial charge in [-0.25, -0.2) is 9.37 Å². The summed E-state index contributed by atoms with van der Waals surface area (Å²) in [5, 5.41) is 0. The number of likely N-dealkylation sites (tertiary alicyclic amines) is 1. The number of ether oxygens (including phenoxy) is 1. The van der Waals surface area contributed by atoms with E-state index in [0.29, 0.717) is 13.2 Å². The number of halogens is 1. The molecule has 0 saturated carbocycles. The third kappa shape index (κ3) is 3.90. The van der Waals surface area contributed by atoms with Crippen molar-refractivity contribution in [2.75, 3.05) is 13.2 Å². The summed E-state index contributed by atoms with van der Waals surface area (Å²) in [6.07, 6.45) is 4.14. The first-order valence-electron chi connectivity index (χ1n) is 8.83. The Labute approximate surface area is 147 Å². The summed E-state index contributed by atoms with van der Waals surface area (Å²) in [7, 11) is 0. The number of aromatic nitrogens is 2. The van der Waals surface area contributed by atoms with E-state index in [1.54, 1.807) is 19.2 Å². The lowest BCUT2D eigenvalue weighted by atomic mass is 10.0. The summed E-state index contributed by atoms with van der Waals surface area (Å²) in [5.41, 5.74) is 1.50. The molecule has 1 aliphatic rings. The molecule has 5 nitrogen and oxygen atoms in total. The van der Waals surface area contributed by atoms with Gasteiger partial charge in [0.15, 0.2) is 0 Å². The second kappa shape index (κ2) is 7.78. The highest BCUT2D eigenvalue weighted by atomic mass is 19.1. The van der Waals surface area contributed by atoms with Gasteiger partial charge in [-0.2, -0.15) is 0 Å². The normalized spacial score (nSPS) is 19.0. The number of benzene rings is 1. The van der Waals surface area contributed by atoms with Gasteiger partial charge in [-0.3, -0.25) is 4.79 Å². The molecule has 2 aromatic rings. The van der Waals surface area contributed by atoms with Gasteiger partial charge in [-0.1, -0.05) is 12.1 Å². The molecule has 134 valence electrons. The fourth-order valence-corrected chi connectivity index (χ4v) is 3.34. The molecule has 2 heterocycles. The highest BCUT2D eigenvalue weighted by Gasteiger charge is 2.32. The van der Waals surface area contributed by atoms with Crippen molar-refractivity contribution in [2.24, 2.45) is 0 Å². The predicted octanol–water partition coefficient (Wildman–Crippen LogP) is 3.69. The van der Waals surface area contributed by atoms with E-state index in [9.17, 15) is 9.18 Å². The van der Waals surface area contributed by atoms with Crippen LogP contribution in [-0.4, -0.2) is 40.0 Å². The Morgan fingerprint density at radius 2 is 2.32 bits per heavy atom. The van der Waals surface area contributed by atoms with Crippen molar-refractivity contribution in [3.8, 4) is 11.3 Å². The van der Waals surface area contributed by atoms with Gasteiger partial charge in [0.1, 0.15) is 17.7 Å². The molecule has 3 rings (SSSR count). The molecule has 0 spiro atoms. The number of hydrogen-bond donors (Lipinski definition) is 1. The van der Waals surface area contributed by atoms with Gasteiger partial charge in [0.2, 0.25) is 0 Å². The van der Waals surface area contributed by atoms with Crippen molar-refractivity contribution in [3.05, 3.63) is 42.1 Å². The molecule has 1 aliphatic heterocycles. The van der Waals surface area contributed by atoms with Crippen LogP contribution >= 0.6 is 0 Å².